The van der Waals surface area contributed by atoms with Gasteiger partial charge in [0.25, 0.3) is 11.2 Å². The van der Waals surface area contributed by atoms with E-state index in [9.17, 15) is 28.1 Å². The van der Waals surface area contributed by atoms with E-state index in [2.05, 4.69) is 13.9 Å². The number of hydrogen-bond donors (Lipinski definition) is 1. The van der Waals surface area contributed by atoms with Crippen molar-refractivity contribution in [2.45, 2.75) is 11.8 Å². The van der Waals surface area contributed by atoms with Crippen LogP contribution in [-0.2, 0) is 23.8 Å². The smallest absolute Gasteiger partial charge is 0.333 e. The monoisotopic (exact) mass is 356 g/mol. The molecule has 1 heterocycles. The molecule has 11 heteroatoms. The number of H-pyrrole nitrogens is 1. The topological polar surface area (TPSA) is 146 Å². The molecule has 0 radical (unpaired) electrons. The van der Waals surface area contributed by atoms with Crippen molar-refractivity contribution in [3.05, 3.63) is 44.7 Å². The van der Waals surface area contributed by atoms with E-state index in [0.717, 1.165) is 18.2 Å². The first-order valence-electron chi connectivity index (χ1n) is 6.61. The van der Waals surface area contributed by atoms with Gasteiger partial charge in [-0.1, -0.05) is 0 Å². The summed E-state index contributed by atoms with van der Waals surface area (Å²) >= 11 is 0. The Balaban J connectivity index is 2.40. The fraction of sp³-hybridized carbons (Fsp3) is 0.231. The molecular weight excluding hydrogens is 344 g/mol. The first-order valence-corrected chi connectivity index (χ1v) is 8.02. The molecule has 0 amide bonds. The van der Waals surface area contributed by atoms with Gasteiger partial charge in [-0.05, 0) is 19.1 Å². The summed E-state index contributed by atoms with van der Waals surface area (Å²) in [5.74, 6) is -0.895. The second-order valence-corrected chi connectivity index (χ2v) is 6.10. The molecule has 1 aromatic carbocycles. The SMILES string of the molecule is CCOC(=O)COS(=O)(=O)c1cc2ccc([N+](=O)[O-])cc2[nH]c1=O. The fourth-order valence-electron chi connectivity index (χ4n) is 1.86. The van der Waals surface area contributed by atoms with E-state index in [0.29, 0.717) is 0 Å². The molecule has 0 bridgehead atoms. The lowest BCUT2D eigenvalue weighted by molar-refractivity contribution is -0.384. The summed E-state index contributed by atoms with van der Waals surface area (Å²) in [7, 11) is -4.50. The van der Waals surface area contributed by atoms with E-state index >= 15 is 0 Å². The zero-order valence-electron chi connectivity index (χ0n) is 12.3. The number of aromatic amines is 1. The van der Waals surface area contributed by atoms with E-state index in [1.165, 1.54) is 6.07 Å². The molecular formula is C13H12N2O8S. The molecule has 0 spiro atoms. The number of ether oxygens (including phenoxy) is 1. The van der Waals surface area contributed by atoms with Crippen molar-refractivity contribution in [3.63, 3.8) is 0 Å². The first-order chi connectivity index (χ1) is 11.2. The highest BCUT2D eigenvalue weighted by Gasteiger charge is 2.22. The summed E-state index contributed by atoms with van der Waals surface area (Å²) in [4.78, 5) is 34.7. The maximum atomic E-state index is 12.0. The summed E-state index contributed by atoms with van der Waals surface area (Å²) in [5.41, 5.74) is -1.18. The Morgan fingerprint density at radius 2 is 2.04 bits per heavy atom. The van der Waals surface area contributed by atoms with E-state index in [-0.39, 0.29) is 23.2 Å². The Hall–Kier alpha value is -2.79. The van der Waals surface area contributed by atoms with E-state index in [4.69, 9.17) is 0 Å². The molecule has 10 nitrogen and oxygen atoms in total. The van der Waals surface area contributed by atoms with Gasteiger partial charge in [0.15, 0.2) is 11.5 Å². The van der Waals surface area contributed by atoms with Crippen molar-refractivity contribution in [2.24, 2.45) is 0 Å². The van der Waals surface area contributed by atoms with Crippen LogP contribution >= 0.6 is 0 Å². The highest BCUT2D eigenvalue weighted by molar-refractivity contribution is 7.86. The minimum atomic E-state index is -4.50. The molecule has 1 aromatic heterocycles. The van der Waals surface area contributed by atoms with Gasteiger partial charge in [0, 0.05) is 17.5 Å². The first kappa shape index (κ1) is 17.6. The van der Waals surface area contributed by atoms with E-state index < -0.39 is 38.1 Å². The van der Waals surface area contributed by atoms with Crippen molar-refractivity contribution in [3.8, 4) is 0 Å². The average molecular weight is 356 g/mol. The number of rotatable bonds is 6. The minimum Gasteiger partial charge on any atom is -0.464 e. The van der Waals surface area contributed by atoms with Gasteiger partial charge in [0.05, 0.1) is 17.0 Å². The van der Waals surface area contributed by atoms with E-state index in [1.807, 2.05) is 0 Å². The summed E-state index contributed by atoms with van der Waals surface area (Å²) < 4.78 is 33.1. The molecule has 0 saturated heterocycles. The number of nitrogens with zero attached hydrogens (tertiary/aromatic N) is 1. The molecule has 2 rings (SSSR count). The number of nitro groups is 1. The minimum absolute atomic E-state index is 0.0532. The van der Waals surface area contributed by atoms with Crippen LogP contribution in [0.5, 0.6) is 0 Å². The third kappa shape index (κ3) is 3.75. The van der Waals surface area contributed by atoms with Crippen LogP contribution in [0.1, 0.15) is 6.92 Å². The predicted molar refractivity (Wildman–Crippen MR) is 81.0 cm³/mol. The lowest BCUT2D eigenvalue weighted by Crippen LogP contribution is -2.22. The number of benzene rings is 1. The Kier molecular flexibility index (Phi) is 4.95. The Morgan fingerprint density at radius 1 is 1.33 bits per heavy atom. The predicted octanol–water partition coefficient (Wildman–Crippen LogP) is 0.705. The maximum absolute atomic E-state index is 12.0. The summed E-state index contributed by atoms with van der Waals surface area (Å²) in [6, 6.07) is 4.56. The van der Waals surface area contributed by atoms with Gasteiger partial charge >= 0.3 is 16.1 Å². The van der Waals surface area contributed by atoms with Crippen LogP contribution < -0.4 is 5.56 Å². The molecule has 0 saturated carbocycles. The van der Waals surface area contributed by atoms with Crippen LogP contribution in [0, 0.1) is 10.1 Å². The number of pyridine rings is 1. The number of carbonyl (C=O) groups excluding carboxylic acids is 1. The summed E-state index contributed by atoms with van der Waals surface area (Å²) in [6.45, 7) is 0.727. The molecule has 0 aliphatic rings. The van der Waals surface area contributed by atoms with Crippen molar-refractivity contribution < 1.29 is 27.1 Å². The Bertz CT molecular complexity index is 964. The largest absolute Gasteiger partial charge is 0.464 e. The van der Waals surface area contributed by atoms with Crippen molar-refractivity contribution in [1.29, 1.82) is 0 Å². The van der Waals surface area contributed by atoms with Crippen molar-refractivity contribution in [1.82, 2.24) is 4.98 Å². The fourth-order valence-corrected chi connectivity index (χ4v) is 2.79. The standard InChI is InChI=1S/C13H12N2O8S/c1-2-22-12(16)7-23-24(20,21)11-5-8-3-4-9(15(18)19)6-10(8)14-13(11)17/h3-6H,2,7H2,1H3,(H,14,17). The van der Waals surface area contributed by atoms with Crippen LogP contribution in [-0.4, -0.2) is 37.5 Å². The number of nitrogens with one attached hydrogen (secondary N) is 1. The lowest BCUT2D eigenvalue weighted by atomic mass is 10.2. The lowest BCUT2D eigenvalue weighted by Gasteiger charge is -2.06. The zero-order chi connectivity index (χ0) is 17.9. The maximum Gasteiger partial charge on any atom is 0.333 e. The Labute approximate surface area is 135 Å². The second kappa shape index (κ2) is 6.76. The number of fused-ring (bicyclic) bond motifs is 1. The molecule has 0 fully saturated rings. The summed E-state index contributed by atoms with van der Waals surface area (Å²) in [6.07, 6.45) is 0. The zero-order valence-corrected chi connectivity index (χ0v) is 13.2. The second-order valence-electron chi connectivity index (χ2n) is 4.51. The van der Waals surface area contributed by atoms with Gasteiger partial charge in [0.1, 0.15) is 0 Å². The van der Waals surface area contributed by atoms with Crippen LogP contribution in [0.3, 0.4) is 0 Å². The van der Waals surface area contributed by atoms with Crippen molar-refractivity contribution in [2.75, 3.05) is 13.2 Å². The van der Waals surface area contributed by atoms with Crippen molar-refractivity contribution >= 4 is 32.7 Å². The third-order valence-corrected chi connectivity index (χ3v) is 4.18. The van der Waals surface area contributed by atoms with Crippen LogP contribution in [0.15, 0.2) is 34.0 Å². The van der Waals surface area contributed by atoms with Gasteiger partial charge in [-0.15, -0.1) is 0 Å². The molecule has 1 N–H and O–H groups in total. The Morgan fingerprint density at radius 3 is 2.67 bits per heavy atom. The van der Waals surface area contributed by atoms with Crippen LogP contribution in [0.2, 0.25) is 0 Å². The van der Waals surface area contributed by atoms with Gasteiger partial charge in [-0.25, -0.2) is 4.79 Å². The molecule has 0 aliphatic carbocycles. The molecule has 0 unspecified atom stereocenters. The quantitative estimate of drug-likeness (QED) is 0.344. The molecule has 24 heavy (non-hydrogen) atoms. The van der Waals surface area contributed by atoms with Crippen LogP contribution in [0.4, 0.5) is 5.69 Å². The molecule has 0 atom stereocenters. The van der Waals surface area contributed by atoms with Gasteiger partial charge in [-0.3, -0.25) is 19.1 Å². The van der Waals surface area contributed by atoms with Gasteiger partial charge in [-0.2, -0.15) is 8.42 Å². The summed E-state index contributed by atoms with van der Waals surface area (Å²) in [5, 5.41) is 11.0. The van der Waals surface area contributed by atoms with E-state index in [1.54, 1.807) is 6.92 Å². The number of non-ortho nitro benzene ring substituents is 1. The highest BCUT2D eigenvalue weighted by Crippen LogP contribution is 2.20. The highest BCUT2D eigenvalue weighted by atomic mass is 32.2. The third-order valence-electron chi connectivity index (χ3n) is 2.91. The van der Waals surface area contributed by atoms with Gasteiger partial charge in [0.2, 0.25) is 0 Å². The number of hydrogen-bond acceptors (Lipinski definition) is 8. The average Bonchev–Trinajstić information content (AvgIpc) is 2.52. The van der Waals surface area contributed by atoms with Gasteiger partial charge < -0.3 is 9.72 Å². The molecule has 2 aromatic rings. The number of esters is 1. The molecule has 0 aliphatic heterocycles. The molecule has 128 valence electrons. The number of carbonyl (C=O) groups is 1. The number of aromatic nitrogens is 1. The number of nitro benzene ring substituents is 1. The normalized spacial score (nSPS) is 11.4. The van der Waals surface area contributed by atoms with Crippen LogP contribution in [0.25, 0.3) is 10.9 Å².